The first kappa shape index (κ1) is 10.6. The van der Waals surface area contributed by atoms with Gasteiger partial charge in [-0.3, -0.25) is 0 Å². The van der Waals surface area contributed by atoms with Gasteiger partial charge in [0.1, 0.15) is 6.61 Å². The molecule has 1 aliphatic rings. The summed E-state index contributed by atoms with van der Waals surface area (Å²) in [5.41, 5.74) is 0.993. The molecule has 1 aromatic carbocycles. The van der Waals surface area contributed by atoms with Crippen molar-refractivity contribution in [3.63, 3.8) is 0 Å². The maximum atomic E-state index is 8.93. The molecule has 2 rings (SSSR count). The van der Waals surface area contributed by atoms with E-state index in [1.165, 1.54) is 0 Å². The quantitative estimate of drug-likeness (QED) is 0.838. The van der Waals surface area contributed by atoms with Crippen molar-refractivity contribution in [1.29, 1.82) is 0 Å². The molecule has 0 saturated carbocycles. The fourth-order valence-electron chi connectivity index (χ4n) is 1.83. The molecule has 0 spiro atoms. The number of hydrogen-bond donors (Lipinski definition) is 1. The Bertz CT molecular complexity index is 356. The Kier molecular flexibility index (Phi) is 3.03. The molecule has 0 aromatic heterocycles. The summed E-state index contributed by atoms with van der Waals surface area (Å²) in [4.78, 5) is 2.11. The van der Waals surface area contributed by atoms with Crippen molar-refractivity contribution in [1.82, 2.24) is 0 Å². The molecule has 4 heteroatoms. The summed E-state index contributed by atoms with van der Waals surface area (Å²) in [6, 6.07) is 5.93. The van der Waals surface area contributed by atoms with Crippen LogP contribution in [0.3, 0.4) is 0 Å². The highest BCUT2D eigenvalue weighted by atomic mass is 35.5. The minimum absolute atomic E-state index is 0.175. The Morgan fingerprint density at radius 2 is 2.40 bits per heavy atom. The Labute approximate surface area is 94.2 Å². The SMILES string of the molecule is CN1c2cccc(Cl)c2OCC1CCO. The number of halogens is 1. The van der Waals surface area contributed by atoms with E-state index in [-0.39, 0.29) is 12.6 Å². The second kappa shape index (κ2) is 4.29. The van der Waals surface area contributed by atoms with Crippen molar-refractivity contribution in [3.8, 4) is 5.75 Å². The van der Waals surface area contributed by atoms with Gasteiger partial charge in [0.25, 0.3) is 0 Å². The van der Waals surface area contributed by atoms with Crippen LogP contribution in [0.1, 0.15) is 6.42 Å². The first-order valence-electron chi connectivity index (χ1n) is 4.99. The molecule has 0 aliphatic carbocycles. The predicted molar refractivity (Wildman–Crippen MR) is 60.8 cm³/mol. The van der Waals surface area contributed by atoms with E-state index < -0.39 is 0 Å². The van der Waals surface area contributed by atoms with E-state index in [1.54, 1.807) is 0 Å². The maximum Gasteiger partial charge on any atom is 0.161 e. The Morgan fingerprint density at radius 3 is 3.13 bits per heavy atom. The van der Waals surface area contributed by atoms with Crippen LogP contribution in [0.5, 0.6) is 5.75 Å². The molecule has 82 valence electrons. The molecule has 0 fully saturated rings. The lowest BCUT2D eigenvalue weighted by Crippen LogP contribution is -2.41. The van der Waals surface area contributed by atoms with Crippen LogP contribution in [0.25, 0.3) is 0 Å². The minimum atomic E-state index is 0.175. The highest BCUT2D eigenvalue weighted by molar-refractivity contribution is 6.32. The van der Waals surface area contributed by atoms with E-state index in [9.17, 15) is 0 Å². The summed E-state index contributed by atoms with van der Waals surface area (Å²) in [5, 5.41) is 9.57. The summed E-state index contributed by atoms with van der Waals surface area (Å²) < 4.78 is 5.61. The van der Waals surface area contributed by atoms with Gasteiger partial charge in [0.05, 0.1) is 16.8 Å². The smallest absolute Gasteiger partial charge is 0.161 e. The van der Waals surface area contributed by atoms with Crippen molar-refractivity contribution in [2.24, 2.45) is 0 Å². The lowest BCUT2D eigenvalue weighted by atomic mass is 10.1. The number of aliphatic hydroxyl groups is 1. The van der Waals surface area contributed by atoms with E-state index in [1.807, 2.05) is 25.2 Å². The monoisotopic (exact) mass is 227 g/mol. The lowest BCUT2D eigenvalue weighted by molar-refractivity contribution is 0.219. The van der Waals surface area contributed by atoms with Gasteiger partial charge >= 0.3 is 0 Å². The van der Waals surface area contributed by atoms with Gasteiger partial charge in [-0.05, 0) is 18.6 Å². The molecule has 1 unspecified atom stereocenters. The van der Waals surface area contributed by atoms with Crippen molar-refractivity contribution in [3.05, 3.63) is 23.2 Å². The van der Waals surface area contributed by atoms with Crippen LogP contribution in [0.2, 0.25) is 5.02 Å². The first-order chi connectivity index (χ1) is 7.24. The van der Waals surface area contributed by atoms with Gasteiger partial charge in [0.2, 0.25) is 0 Å². The minimum Gasteiger partial charge on any atom is -0.488 e. The average Bonchev–Trinajstić information content (AvgIpc) is 2.23. The molecule has 0 amide bonds. The molecule has 0 radical (unpaired) electrons. The van der Waals surface area contributed by atoms with Gasteiger partial charge in [-0.1, -0.05) is 17.7 Å². The van der Waals surface area contributed by atoms with Crippen molar-refractivity contribution >= 4 is 17.3 Å². The summed E-state index contributed by atoms with van der Waals surface area (Å²) >= 11 is 6.03. The number of aliphatic hydroxyl groups excluding tert-OH is 1. The van der Waals surface area contributed by atoms with Gasteiger partial charge in [0, 0.05) is 13.7 Å². The second-order valence-electron chi connectivity index (χ2n) is 3.68. The zero-order valence-corrected chi connectivity index (χ0v) is 9.37. The third kappa shape index (κ3) is 1.90. The van der Waals surface area contributed by atoms with Crippen LogP contribution >= 0.6 is 11.6 Å². The molecule has 1 atom stereocenters. The van der Waals surface area contributed by atoms with Crippen molar-refractivity contribution in [2.75, 3.05) is 25.2 Å². The van der Waals surface area contributed by atoms with Gasteiger partial charge in [-0.15, -0.1) is 0 Å². The predicted octanol–water partition coefficient (Wildman–Crippen LogP) is 1.92. The Morgan fingerprint density at radius 1 is 1.60 bits per heavy atom. The summed E-state index contributed by atoms with van der Waals surface area (Å²) in [7, 11) is 2.00. The van der Waals surface area contributed by atoms with E-state index in [0.717, 1.165) is 11.4 Å². The number of para-hydroxylation sites is 1. The van der Waals surface area contributed by atoms with E-state index >= 15 is 0 Å². The molecule has 1 heterocycles. The number of nitrogens with zero attached hydrogens (tertiary/aromatic N) is 1. The van der Waals surface area contributed by atoms with Crippen molar-refractivity contribution in [2.45, 2.75) is 12.5 Å². The van der Waals surface area contributed by atoms with Gasteiger partial charge in [0.15, 0.2) is 5.75 Å². The molecule has 1 aliphatic heterocycles. The molecule has 0 bridgehead atoms. The molecule has 3 nitrogen and oxygen atoms in total. The van der Waals surface area contributed by atoms with Gasteiger partial charge < -0.3 is 14.7 Å². The zero-order chi connectivity index (χ0) is 10.8. The molecule has 1 aromatic rings. The van der Waals surface area contributed by atoms with Gasteiger partial charge in [-0.25, -0.2) is 0 Å². The van der Waals surface area contributed by atoms with Crippen LogP contribution < -0.4 is 9.64 Å². The zero-order valence-electron chi connectivity index (χ0n) is 8.61. The second-order valence-corrected chi connectivity index (χ2v) is 4.08. The number of fused-ring (bicyclic) bond motifs is 1. The van der Waals surface area contributed by atoms with E-state index in [2.05, 4.69) is 4.90 Å². The van der Waals surface area contributed by atoms with Gasteiger partial charge in [-0.2, -0.15) is 0 Å². The van der Waals surface area contributed by atoms with Crippen LogP contribution in [0.15, 0.2) is 18.2 Å². The fourth-order valence-corrected chi connectivity index (χ4v) is 2.06. The third-order valence-corrected chi connectivity index (χ3v) is 3.05. The fraction of sp³-hybridized carbons (Fsp3) is 0.455. The standard InChI is InChI=1S/C11H14ClNO2/c1-13-8(5-6-14)7-15-11-9(12)3-2-4-10(11)13/h2-4,8,14H,5-7H2,1H3. The molecular formula is C11H14ClNO2. The topological polar surface area (TPSA) is 32.7 Å². The number of hydrogen-bond acceptors (Lipinski definition) is 3. The Balaban J connectivity index is 2.30. The number of ether oxygens (including phenoxy) is 1. The summed E-state index contributed by atoms with van der Waals surface area (Å²) in [6.07, 6.45) is 0.711. The Hall–Kier alpha value is -0.930. The molecule has 15 heavy (non-hydrogen) atoms. The summed E-state index contributed by atoms with van der Waals surface area (Å²) in [6.45, 7) is 0.752. The maximum absolute atomic E-state index is 8.93. The highest BCUT2D eigenvalue weighted by Crippen LogP contribution is 2.38. The average molecular weight is 228 g/mol. The van der Waals surface area contributed by atoms with Crippen LogP contribution in [0.4, 0.5) is 5.69 Å². The molecular weight excluding hydrogens is 214 g/mol. The molecule has 0 saturated heterocycles. The highest BCUT2D eigenvalue weighted by Gasteiger charge is 2.25. The van der Waals surface area contributed by atoms with Crippen molar-refractivity contribution < 1.29 is 9.84 Å². The van der Waals surface area contributed by atoms with Crippen LogP contribution in [0, 0.1) is 0 Å². The largest absolute Gasteiger partial charge is 0.488 e. The number of likely N-dealkylation sites (N-methyl/N-ethyl adjacent to an activating group) is 1. The normalized spacial score (nSPS) is 19.7. The van der Waals surface area contributed by atoms with E-state index in [0.29, 0.717) is 18.1 Å². The third-order valence-electron chi connectivity index (χ3n) is 2.76. The lowest BCUT2D eigenvalue weighted by Gasteiger charge is -2.35. The summed E-state index contributed by atoms with van der Waals surface area (Å²) in [5.74, 6) is 0.746. The van der Waals surface area contributed by atoms with E-state index in [4.69, 9.17) is 21.4 Å². The number of rotatable bonds is 2. The first-order valence-corrected chi connectivity index (χ1v) is 5.37. The van der Waals surface area contributed by atoms with Crippen LogP contribution in [-0.2, 0) is 0 Å². The number of anilines is 1. The molecule has 1 N–H and O–H groups in total. The number of benzene rings is 1. The van der Waals surface area contributed by atoms with Crippen LogP contribution in [-0.4, -0.2) is 31.4 Å².